The number of aromatic carboxylic acids is 1. The molecule has 1 aromatic carbocycles. The van der Waals surface area contributed by atoms with Gasteiger partial charge in [-0.05, 0) is 43.7 Å². The molecule has 1 N–H and O–H groups in total. The highest BCUT2D eigenvalue weighted by atomic mass is 32.2. The average Bonchev–Trinajstić information content (AvgIpc) is 2.66. The van der Waals surface area contributed by atoms with Crippen LogP contribution in [0.3, 0.4) is 0 Å². The van der Waals surface area contributed by atoms with Crippen LogP contribution in [0.5, 0.6) is 0 Å². The molecule has 0 aliphatic carbocycles. The van der Waals surface area contributed by atoms with E-state index in [1.807, 2.05) is 6.07 Å². The quantitative estimate of drug-likeness (QED) is 0.912. The number of nitrogens with zero attached hydrogens (tertiary/aromatic N) is 1. The first-order valence-corrected chi connectivity index (χ1v) is 7.30. The third-order valence-electron chi connectivity index (χ3n) is 2.98. The van der Waals surface area contributed by atoms with Gasteiger partial charge >= 0.3 is 5.97 Å². The van der Waals surface area contributed by atoms with Gasteiger partial charge in [0.15, 0.2) is 0 Å². The summed E-state index contributed by atoms with van der Waals surface area (Å²) in [6.07, 6.45) is 2.07. The van der Waals surface area contributed by atoms with E-state index in [0.717, 1.165) is 16.7 Å². The molecule has 0 radical (unpaired) electrons. The van der Waals surface area contributed by atoms with E-state index in [1.165, 1.54) is 5.69 Å². The predicted molar refractivity (Wildman–Crippen MR) is 76.5 cm³/mol. The number of carboxylic acids is 1. The van der Waals surface area contributed by atoms with Gasteiger partial charge in [-0.15, -0.1) is 0 Å². The van der Waals surface area contributed by atoms with Crippen LogP contribution in [0, 0.1) is 0 Å². The van der Waals surface area contributed by atoms with Crippen LogP contribution in [0.2, 0.25) is 0 Å². The second kappa shape index (κ2) is 5.06. The Bertz CT molecular complexity index is 587. The number of fused-ring (bicyclic) bond motifs is 1. The Morgan fingerprint density at radius 1 is 1.39 bits per heavy atom. The average molecular weight is 263 g/mol. The first-order chi connectivity index (χ1) is 8.54. The van der Waals surface area contributed by atoms with Crippen LogP contribution in [0.4, 0.5) is 0 Å². The van der Waals surface area contributed by atoms with Crippen molar-refractivity contribution in [3.05, 3.63) is 35.5 Å². The second-order valence-corrected chi connectivity index (χ2v) is 5.48. The number of carboxylic acid groups (broad SMARTS) is 1. The second-order valence-electron chi connectivity index (χ2n) is 4.61. The van der Waals surface area contributed by atoms with Gasteiger partial charge in [-0.2, -0.15) is 11.8 Å². The highest BCUT2D eigenvalue weighted by Crippen LogP contribution is 2.27. The molecule has 3 nitrogen and oxygen atoms in total. The number of hydrogen-bond acceptors (Lipinski definition) is 2. The van der Waals surface area contributed by atoms with E-state index in [-0.39, 0.29) is 0 Å². The van der Waals surface area contributed by atoms with Crippen molar-refractivity contribution in [2.75, 3.05) is 6.26 Å². The van der Waals surface area contributed by atoms with E-state index in [1.54, 1.807) is 23.9 Å². The number of aromatic nitrogens is 1. The molecule has 1 aromatic heterocycles. The van der Waals surface area contributed by atoms with E-state index in [2.05, 4.69) is 30.7 Å². The van der Waals surface area contributed by atoms with Crippen molar-refractivity contribution in [2.45, 2.75) is 25.6 Å². The highest BCUT2D eigenvalue weighted by molar-refractivity contribution is 7.97. The zero-order valence-electron chi connectivity index (χ0n) is 10.8. The lowest BCUT2D eigenvalue weighted by molar-refractivity contribution is 0.0697. The van der Waals surface area contributed by atoms with Crippen molar-refractivity contribution in [2.24, 2.45) is 0 Å². The van der Waals surface area contributed by atoms with Gasteiger partial charge in [0, 0.05) is 23.0 Å². The predicted octanol–water partition coefficient (Wildman–Crippen LogP) is 3.78. The van der Waals surface area contributed by atoms with Crippen LogP contribution >= 0.6 is 11.8 Å². The number of hydrogen-bond donors (Lipinski definition) is 1. The zero-order chi connectivity index (χ0) is 13.3. The summed E-state index contributed by atoms with van der Waals surface area (Å²) >= 11 is 1.77. The first-order valence-electron chi connectivity index (χ1n) is 5.90. The van der Waals surface area contributed by atoms with Crippen LogP contribution < -0.4 is 0 Å². The van der Waals surface area contributed by atoms with Crippen LogP contribution in [-0.4, -0.2) is 21.9 Å². The van der Waals surface area contributed by atoms with Gasteiger partial charge < -0.3 is 9.67 Å². The lowest BCUT2D eigenvalue weighted by atomic mass is 10.1. The van der Waals surface area contributed by atoms with Crippen LogP contribution in [0.1, 0.15) is 35.9 Å². The third-order valence-corrected chi connectivity index (χ3v) is 3.56. The molecule has 2 aromatic rings. The number of rotatable bonds is 4. The molecule has 0 aliphatic rings. The molecule has 0 amide bonds. The summed E-state index contributed by atoms with van der Waals surface area (Å²) in [5.74, 6) is 0.0646. The number of benzene rings is 1. The Balaban J connectivity index is 2.67. The maximum absolute atomic E-state index is 11.0. The minimum atomic E-state index is -0.875. The number of carbonyl (C=O) groups is 1. The molecule has 4 heteroatoms. The zero-order valence-corrected chi connectivity index (χ0v) is 11.6. The summed E-state index contributed by atoms with van der Waals surface area (Å²) in [5.41, 5.74) is 2.60. The van der Waals surface area contributed by atoms with Crippen molar-refractivity contribution in [1.29, 1.82) is 0 Å². The van der Waals surface area contributed by atoms with E-state index < -0.39 is 5.97 Å². The molecule has 0 bridgehead atoms. The summed E-state index contributed by atoms with van der Waals surface area (Å²) in [5, 5.41) is 10.2. The lowest BCUT2D eigenvalue weighted by Gasteiger charge is -2.14. The first kappa shape index (κ1) is 13.0. The Morgan fingerprint density at radius 2 is 2.11 bits per heavy atom. The summed E-state index contributed by atoms with van der Waals surface area (Å²) in [6, 6.07) is 7.80. The molecule has 0 saturated carbocycles. The van der Waals surface area contributed by atoms with E-state index in [0.29, 0.717) is 11.6 Å². The molecule has 0 spiro atoms. The molecule has 0 fully saturated rings. The topological polar surface area (TPSA) is 42.2 Å². The molecule has 0 aliphatic heterocycles. The molecule has 0 unspecified atom stereocenters. The Hall–Kier alpha value is -1.42. The Labute approximate surface area is 111 Å². The van der Waals surface area contributed by atoms with Crippen LogP contribution in [0.25, 0.3) is 10.9 Å². The minimum Gasteiger partial charge on any atom is -0.478 e. The SMILES string of the molecule is CSCc1cc2ccc(C(=O)O)cc2n1C(C)C. The summed E-state index contributed by atoms with van der Waals surface area (Å²) in [7, 11) is 0. The van der Waals surface area contributed by atoms with Gasteiger partial charge in [-0.3, -0.25) is 0 Å². The van der Waals surface area contributed by atoms with E-state index >= 15 is 0 Å². The number of thioether (sulfide) groups is 1. The molecule has 2 rings (SSSR count). The fraction of sp³-hybridized carbons (Fsp3) is 0.357. The monoisotopic (exact) mass is 263 g/mol. The summed E-state index contributed by atoms with van der Waals surface area (Å²) < 4.78 is 2.22. The Morgan fingerprint density at radius 3 is 2.67 bits per heavy atom. The van der Waals surface area contributed by atoms with Gasteiger partial charge in [0.05, 0.1) is 5.56 Å². The van der Waals surface area contributed by atoms with Gasteiger partial charge in [-0.1, -0.05) is 6.07 Å². The fourth-order valence-electron chi connectivity index (χ4n) is 2.28. The summed E-state index contributed by atoms with van der Waals surface area (Å²) in [4.78, 5) is 11.0. The van der Waals surface area contributed by atoms with Crippen molar-refractivity contribution in [3.8, 4) is 0 Å². The van der Waals surface area contributed by atoms with Gasteiger partial charge in [-0.25, -0.2) is 4.79 Å². The molecule has 96 valence electrons. The molecular weight excluding hydrogens is 246 g/mol. The van der Waals surface area contributed by atoms with Crippen molar-refractivity contribution < 1.29 is 9.90 Å². The molecular formula is C14H17NO2S. The smallest absolute Gasteiger partial charge is 0.335 e. The summed E-state index contributed by atoms with van der Waals surface area (Å²) in [6.45, 7) is 4.24. The highest BCUT2D eigenvalue weighted by Gasteiger charge is 2.13. The van der Waals surface area contributed by atoms with Crippen molar-refractivity contribution >= 4 is 28.6 Å². The molecule has 0 atom stereocenters. The van der Waals surface area contributed by atoms with Crippen molar-refractivity contribution in [3.63, 3.8) is 0 Å². The van der Waals surface area contributed by atoms with Crippen LogP contribution in [0.15, 0.2) is 24.3 Å². The van der Waals surface area contributed by atoms with E-state index in [4.69, 9.17) is 5.11 Å². The Kier molecular flexibility index (Phi) is 3.66. The molecule has 1 heterocycles. The van der Waals surface area contributed by atoms with Gasteiger partial charge in [0.2, 0.25) is 0 Å². The molecule has 0 saturated heterocycles. The van der Waals surface area contributed by atoms with Gasteiger partial charge in [0.25, 0.3) is 0 Å². The largest absolute Gasteiger partial charge is 0.478 e. The maximum Gasteiger partial charge on any atom is 0.335 e. The third kappa shape index (κ3) is 2.25. The lowest BCUT2D eigenvalue weighted by Crippen LogP contribution is -2.05. The molecule has 18 heavy (non-hydrogen) atoms. The standard InChI is InChI=1S/C14H17NO2S/c1-9(2)15-12(8-18-3)6-10-4-5-11(14(16)17)7-13(10)15/h4-7,9H,8H2,1-3H3,(H,16,17). The normalized spacial score (nSPS) is 11.3. The van der Waals surface area contributed by atoms with Crippen molar-refractivity contribution in [1.82, 2.24) is 4.57 Å². The minimum absolute atomic E-state index is 0.327. The van der Waals surface area contributed by atoms with Gasteiger partial charge in [0.1, 0.15) is 0 Å². The van der Waals surface area contributed by atoms with E-state index in [9.17, 15) is 4.79 Å². The maximum atomic E-state index is 11.0. The van der Waals surface area contributed by atoms with Crippen LogP contribution in [-0.2, 0) is 5.75 Å². The fourth-order valence-corrected chi connectivity index (χ4v) is 2.80.